The van der Waals surface area contributed by atoms with E-state index in [0.29, 0.717) is 12.1 Å². The van der Waals surface area contributed by atoms with Crippen molar-refractivity contribution in [2.45, 2.75) is 25.9 Å². The summed E-state index contributed by atoms with van der Waals surface area (Å²) in [7, 11) is 0. The van der Waals surface area contributed by atoms with E-state index in [1.807, 2.05) is 12.1 Å². The zero-order valence-corrected chi connectivity index (χ0v) is 13.2. The van der Waals surface area contributed by atoms with Gasteiger partial charge in [0.2, 0.25) is 0 Å². The molecular weight excluding hydrogens is 272 g/mol. The maximum atomic E-state index is 3.52. The van der Waals surface area contributed by atoms with Gasteiger partial charge in [-0.05, 0) is 38.1 Å². The third kappa shape index (κ3) is 3.59. The van der Waals surface area contributed by atoms with Crippen LogP contribution in [0.2, 0.25) is 0 Å². The zero-order chi connectivity index (χ0) is 15.4. The van der Waals surface area contributed by atoms with Crippen LogP contribution in [0.1, 0.15) is 13.8 Å². The number of nitrogens with one attached hydrogen (secondary N) is 2. The predicted molar refractivity (Wildman–Crippen MR) is 92.5 cm³/mol. The number of benzene rings is 2. The van der Waals surface area contributed by atoms with Gasteiger partial charge < -0.3 is 10.9 Å². The summed E-state index contributed by atoms with van der Waals surface area (Å²) in [6, 6.07) is 21.6. The van der Waals surface area contributed by atoms with E-state index in [0.717, 1.165) is 24.5 Å². The van der Waals surface area contributed by atoms with Gasteiger partial charge in [0.15, 0.2) is 0 Å². The molecule has 1 fully saturated rings. The van der Waals surface area contributed by atoms with Gasteiger partial charge in [0.05, 0.1) is 0 Å². The Labute approximate surface area is 132 Å². The van der Waals surface area contributed by atoms with Gasteiger partial charge in [0.1, 0.15) is 0 Å². The van der Waals surface area contributed by atoms with E-state index in [-0.39, 0.29) is 0 Å². The number of hydrogen-bond acceptors (Lipinski definition) is 4. The quantitative estimate of drug-likeness (QED) is 0.905. The molecule has 1 aliphatic heterocycles. The Hall–Kier alpha value is -2.04. The van der Waals surface area contributed by atoms with Gasteiger partial charge in [-0.3, -0.25) is 0 Å². The van der Waals surface area contributed by atoms with Crippen LogP contribution < -0.4 is 10.9 Å². The number of piperazine rings is 1. The van der Waals surface area contributed by atoms with Gasteiger partial charge >= 0.3 is 0 Å². The standard InChI is InChI=1S/C18H24N4/c1-15-13-22(20-18-11-7-4-8-12-18)16(2)14-21(15)19-17-9-5-3-6-10-17/h3-12,15-16,19-20H,13-14H2,1-2H3. The topological polar surface area (TPSA) is 30.5 Å². The lowest BCUT2D eigenvalue weighted by Crippen LogP contribution is -2.59. The van der Waals surface area contributed by atoms with Gasteiger partial charge in [-0.1, -0.05) is 36.4 Å². The second-order valence-corrected chi connectivity index (χ2v) is 5.96. The smallest absolute Gasteiger partial charge is 0.0490 e. The van der Waals surface area contributed by atoms with Crippen molar-refractivity contribution >= 4 is 11.4 Å². The average molecular weight is 296 g/mol. The summed E-state index contributed by atoms with van der Waals surface area (Å²) in [6.45, 7) is 6.44. The Morgan fingerprint density at radius 2 is 1.05 bits per heavy atom. The van der Waals surface area contributed by atoms with Crippen molar-refractivity contribution in [2.24, 2.45) is 0 Å². The molecule has 3 rings (SSSR count). The molecule has 1 aliphatic rings. The molecule has 2 atom stereocenters. The van der Waals surface area contributed by atoms with E-state index in [4.69, 9.17) is 0 Å². The normalized spacial score (nSPS) is 23.2. The molecule has 0 bridgehead atoms. The first-order valence-corrected chi connectivity index (χ1v) is 7.89. The van der Waals surface area contributed by atoms with Crippen LogP contribution in [0.15, 0.2) is 60.7 Å². The lowest BCUT2D eigenvalue weighted by Gasteiger charge is -2.44. The minimum atomic E-state index is 0.424. The lowest BCUT2D eigenvalue weighted by molar-refractivity contribution is 0.0781. The summed E-state index contributed by atoms with van der Waals surface area (Å²) < 4.78 is 0. The van der Waals surface area contributed by atoms with Gasteiger partial charge in [0, 0.05) is 36.5 Å². The van der Waals surface area contributed by atoms with Crippen LogP contribution in [0.25, 0.3) is 0 Å². The highest BCUT2D eigenvalue weighted by Gasteiger charge is 2.29. The second-order valence-electron chi connectivity index (χ2n) is 5.96. The average Bonchev–Trinajstić information content (AvgIpc) is 2.54. The van der Waals surface area contributed by atoms with E-state index in [1.54, 1.807) is 0 Å². The van der Waals surface area contributed by atoms with Crippen molar-refractivity contribution in [3.05, 3.63) is 60.7 Å². The van der Waals surface area contributed by atoms with Crippen molar-refractivity contribution in [3.8, 4) is 0 Å². The highest BCUT2D eigenvalue weighted by Crippen LogP contribution is 2.18. The molecule has 1 saturated heterocycles. The number of para-hydroxylation sites is 2. The van der Waals surface area contributed by atoms with Gasteiger partial charge in [0.25, 0.3) is 0 Å². The van der Waals surface area contributed by atoms with Gasteiger partial charge in [-0.2, -0.15) is 0 Å². The second kappa shape index (κ2) is 6.81. The number of hydrazine groups is 2. The van der Waals surface area contributed by atoms with E-state index in [2.05, 4.69) is 83.2 Å². The Balaban J connectivity index is 1.61. The SMILES string of the molecule is CC1CN(Nc2ccccc2)C(C)CN1Nc1ccccc1. The predicted octanol–water partition coefficient (Wildman–Crippen LogP) is 3.44. The van der Waals surface area contributed by atoms with Crippen LogP contribution in [0.5, 0.6) is 0 Å². The van der Waals surface area contributed by atoms with Crippen LogP contribution in [-0.2, 0) is 0 Å². The van der Waals surface area contributed by atoms with Crippen LogP contribution >= 0.6 is 0 Å². The molecule has 0 amide bonds. The van der Waals surface area contributed by atoms with Crippen LogP contribution in [0.4, 0.5) is 11.4 Å². The fourth-order valence-electron chi connectivity index (χ4n) is 2.80. The summed E-state index contributed by atoms with van der Waals surface area (Å²) in [5, 5.41) is 4.65. The fraction of sp³-hybridized carbons (Fsp3) is 0.333. The van der Waals surface area contributed by atoms with E-state index in [1.165, 1.54) is 0 Å². The number of hydrogen-bond donors (Lipinski definition) is 2. The van der Waals surface area contributed by atoms with Crippen LogP contribution in [0, 0.1) is 0 Å². The summed E-state index contributed by atoms with van der Waals surface area (Å²) >= 11 is 0. The Morgan fingerprint density at radius 1 is 0.682 bits per heavy atom. The number of rotatable bonds is 4. The zero-order valence-electron chi connectivity index (χ0n) is 13.2. The molecule has 0 aliphatic carbocycles. The fourth-order valence-corrected chi connectivity index (χ4v) is 2.80. The number of anilines is 2. The summed E-state index contributed by atoms with van der Waals surface area (Å²) in [5.74, 6) is 0. The summed E-state index contributed by atoms with van der Waals surface area (Å²) in [6.07, 6.45) is 0. The molecule has 4 nitrogen and oxygen atoms in total. The maximum Gasteiger partial charge on any atom is 0.0490 e. The van der Waals surface area contributed by atoms with E-state index in [9.17, 15) is 0 Å². The maximum absolute atomic E-state index is 3.52. The van der Waals surface area contributed by atoms with Crippen molar-refractivity contribution in [3.63, 3.8) is 0 Å². The molecule has 2 N–H and O–H groups in total. The molecule has 0 radical (unpaired) electrons. The highest BCUT2D eigenvalue weighted by atomic mass is 15.6. The molecular formula is C18H24N4. The Kier molecular flexibility index (Phi) is 4.61. The van der Waals surface area contributed by atoms with Crippen LogP contribution in [0.3, 0.4) is 0 Å². The van der Waals surface area contributed by atoms with Crippen molar-refractivity contribution in [2.75, 3.05) is 23.9 Å². The minimum absolute atomic E-state index is 0.424. The third-order valence-corrected chi connectivity index (χ3v) is 4.08. The van der Waals surface area contributed by atoms with Crippen molar-refractivity contribution in [1.82, 2.24) is 10.0 Å². The van der Waals surface area contributed by atoms with Crippen LogP contribution in [-0.4, -0.2) is 35.2 Å². The molecule has 1 heterocycles. The molecule has 4 heteroatoms. The molecule has 2 aromatic carbocycles. The molecule has 22 heavy (non-hydrogen) atoms. The first kappa shape index (κ1) is 14.9. The first-order valence-electron chi connectivity index (χ1n) is 7.89. The van der Waals surface area contributed by atoms with Crippen molar-refractivity contribution in [1.29, 1.82) is 0 Å². The van der Waals surface area contributed by atoms with Crippen molar-refractivity contribution < 1.29 is 0 Å². The summed E-state index contributed by atoms with van der Waals surface area (Å²) in [5.41, 5.74) is 9.34. The Morgan fingerprint density at radius 3 is 1.41 bits per heavy atom. The highest BCUT2D eigenvalue weighted by molar-refractivity contribution is 5.42. The molecule has 116 valence electrons. The van der Waals surface area contributed by atoms with Gasteiger partial charge in [-0.15, -0.1) is 0 Å². The lowest BCUT2D eigenvalue weighted by atomic mass is 10.1. The van der Waals surface area contributed by atoms with E-state index >= 15 is 0 Å². The monoisotopic (exact) mass is 296 g/mol. The summed E-state index contributed by atoms with van der Waals surface area (Å²) in [4.78, 5) is 0. The molecule has 2 unspecified atom stereocenters. The first-order chi connectivity index (χ1) is 10.7. The molecule has 0 aromatic heterocycles. The third-order valence-electron chi connectivity index (χ3n) is 4.08. The molecule has 2 aromatic rings. The van der Waals surface area contributed by atoms with Gasteiger partial charge in [-0.25, -0.2) is 10.0 Å². The van der Waals surface area contributed by atoms with E-state index < -0.39 is 0 Å². The molecule has 0 spiro atoms. The number of nitrogens with zero attached hydrogens (tertiary/aromatic N) is 2. The largest absolute Gasteiger partial charge is 0.319 e. The minimum Gasteiger partial charge on any atom is -0.319 e. The molecule has 0 saturated carbocycles. The Bertz CT molecular complexity index is 519.